The molecule has 0 aliphatic heterocycles. The molecule has 1 N–H and O–H groups in total. The van der Waals surface area contributed by atoms with Crippen LogP contribution in [0.5, 0.6) is 17.2 Å². The first-order chi connectivity index (χ1) is 14.9. The van der Waals surface area contributed by atoms with Gasteiger partial charge in [0.05, 0.1) is 25.5 Å². The lowest BCUT2D eigenvalue weighted by molar-refractivity contribution is 0.0953. The fourth-order valence-electron chi connectivity index (χ4n) is 3.30. The second-order valence-electron chi connectivity index (χ2n) is 7.28. The van der Waals surface area contributed by atoms with Crippen LogP contribution in [0, 0.1) is 20.8 Å². The fraction of sp³-hybridized carbons (Fsp3) is 0.333. The SMILES string of the molecule is COc1ccc(C)cc1CCNC(=O)c1ccc(OCc2c(C)noc2C)c(OC)c1. The number of rotatable bonds is 9. The summed E-state index contributed by atoms with van der Waals surface area (Å²) in [6, 6.07) is 11.1. The minimum absolute atomic E-state index is 0.179. The molecule has 0 saturated heterocycles. The van der Waals surface area contributed by atoms with E-state index in [1.165, 1.54) is 0 Å². The van der Waals surface area contributed by atoms with Crippen LogP contribution >= 0.6 is 0 Å². The van der Waals surface area contributed by atoms with E-state index in [0.717, 1.165) is 33.9 Å². The van der Waals surface area contributed by atoms with Gasteiger partial charge in [-0.05, 0) is 57.0 Å². The van der Waals surface area contributed by atoms with Gasteiger partial charge in [0.1, 0.15) is 18.1 Å². The van der Waals surface area contributed by atoms with E-state index in [9.17, 15) is 4.79 Å². The van der Waals surface area contributed by atoms with Gasteiger partial charge >= 0.3 is 0 Å². The zero-order valence-electron chi connectivity index (χ0n) is 18.6. The van der Waals surface area contributed by atoms with E-state index < -0.39 is 0 Å². The molecule has 1 amide bonds. The summed E-state index contributed by atoms with van der Waals surface area (Å²) in [6.07, 6.45) is 0.673. The van der Waals surface area contributed by atoms with Crippen molar-refractivity contribution >= 4 is 5.91 Å². The number of nitrogens with one attached hydrogen (secondary N) is 1. The number of carbonyl (C=O) groups excluding carboxylic acids is 1. The highest BCUT2D eigenvalue weighted by Crippen LogP contribution is 2.29. The summed E-state index contributed by atoms with van der Waals surface area (Å²) in [5.41, 5.74) is 4.40. The van der Waals surface area contributed by atoms with Gasteiger partial charge in [0.25, 0.3) is 5.91 Å². The van der Waals surface area contributed by atoms with Gasteiger partial charge in [-0.25, -0.2) is 0 Å². The standard InChI is InChI=1S/C24H28N2O5/c1-15-6-8-21(28-4)18(12-15)10-11-25-24(27)19-7-9-22(23(13-19)29-5)30-14-20-16(2)26-31-17(20)3/h6-9,12-13H,10-11,14H2,1-5H3,(H,25,27). The summed E-state index contributed by atoms with van der Waals surface area (Å²) in [4.78, 5) is 12.6. The number of carbonyl (C=O) groups is 1. The number of aromatic nitrogens is 1. The van der Waals surface area contributed by atoms with E-state index in [0.29, 0.717) is 36.6 Å². The molecule has 7 heteroatoms. The molecule has 3 rings (SSSR count). The molecule has 0 saturated carbocycles. The smallest absolute Gasteiger partial charge is 0.251 e. The summed E-state index contributed by atoms with van der Waals surface area (Å²) < 4.78 is 21.9. The van der Waals surface area contributed by atoms with Gasteiger partial charge in [-0.1, -0.05) is 22.9 Å². The molecule has 2 aromatic carbocycles. The number of amides is 1. The molecule has 0 bridgehead atoms. The minimum Gasteiger partial charge on any atom is -0.496 e. The Balaban J connectivity index is 1.62. The van der Waals surface area contributed by atoms with E-state index in [4.69, 9.17) is 18.7 Å². The van der Waals surface area contributed by atoms with E-state index in [1.54, 1.807) is 32.4 Å². The number of hydrogen-bond acceptors (Lipinski definition) is 6. The average molecular weight is 424 g/mol. The normalized spacial score (nSPS) is 10.6. The van der Waals surface area contributed by atoms with Crippen molar-refractivity contribution in [3.63, 3.8) is 0 Å². The summed E-state index contributed by atoms with van der Waals surface area (Å²) in [7, 11) is 3.19. The Morgan fingerprint density at radius 1 is 1.00 bits per heavy atom. The Morgan fingerprint density at radius 2 is 1.74 bits per heavy atom. The Bertz CT molecular complexity index is 1040. The monoisotopic (exact) mass is 424 g/mol. The predicted molar refractivity (Wildman–Crippen MR) is 117 cm³/mol. The second kappa shape index (κ2) is 10.0. The van der Waals surface area contributed by atoms with Crippen molar-refractivity contribution in [2.24, 2.45) is 0 Å². The number of methoxy groups -OCH3 is 2. The Morgan fingerprint density at radius 3 is 2.42 bits per heavy atom. The first-order valence-corrected chi connectivity index (χ1v) is 10.1. The van der Waals surface area contributed by atoms with Gasteiger partial charge in [0, 0.05) is 12.1 Å². The maximum atomic E-state index is 12.6. The van der Waals surface area contributed by atoms with Crippen LogP contribution in [0.4, 0.5) is 0 Å². The van der Waals surface area contributed by atoms with E-state index >= 15 is 0 Å². The van der Waals surface area contributed by atoms with Crippen molar-refractivity contribution in [1.82, 2.24) is 10.5 Å². The van der Waals surface area contributed by atoms with E-state index in [-0.39, 0.29) is 5.91 Å². The molecule has 0 spiro atoms. The molecule has 0 fully saturated rings. The van der Waals surface area contributed by atoms with Crippen molar-refractivity contribution in [2.75, 3.05) is 20.8 Å². The van der Waals surface area contributed by atoms with Gasteiger partial charge in [0.15, 0.2) is 11.5 Å². The predicted octanol–water partition coefficient (Wildman–Crippen LogP) is 4.17. The molecular formula is C24H28N2O5. The molecule has 0 atom stereocenters. The fourth-order valence-corrected chi connectivity index (χ4v) is 3.30. The number of benzene rings is 2. The van der Waals surface area contributed by atoms with E-state index in [1.807, 2.05) is 32.9 Å². The highest BCUT2D eigenvalue weighted by Gasteiger charge is 2.14. The third kappa shape index (κ3) is 5.36. The van der Waals surface area contributed by atoms with Gasteiger partial charge in [-0.2, -0.15) is 0 Å². The number of ether oxygens (including phenoxy) is 3. The molecule has 0 unspecified atom stereocenters. The molecule has 1 heterocycles. The molecule has 0 radical (unpaired) electrons. The zero-order chi connectivity index (χ0) is 22.4. The van der Waals surface area contributed by atoms with Crippen LogP contribution in [0.2, 0.25) is 0 Å². The van der Waals surface area contributed by atoms with Gasteiger partial charge in [-0.15, -0.1) is 0 Å². The van der Waals surface area contributed by atoms with Gasteiger partial charge in [-0.3, -0.25) is 4.79 Å². The highest BCUT2D eigenvalue weighted by molar-refractivity contribution is 5.94. The van der Waals surface area contributed by atoms with Crippen LogP contribution in [0.15, 0.2) is 40.9 Å². The average Bonchev–Trinajstić information content (AvgIpc) is 3.09. The third-order valence-corrected chi connectivity index (χ3v) is 5.09. The molecule has 31 heavy (non-hydrogen) atoms. The number of aryl methyl sites for hydroxylation is 3. The summed E-state index contributed by atoms with van der Waals surface area (Å²) in [5.74, 6) is 2.39. The second-order valence-corrected chi connectivity index (χ2v) is 7.28. The van der Waals surface area contributed by atoms with E-state index in [2.05, 4.69) is 16.5 Å². The van der Waals surface area contributed by atoms with Crippen LogP contribution in [-0.2, 0) is 13.0 Å². The Kier molecular flexibility index (Phi) is 7.18. The van der Waals surface area contributed by atoms with Crippen molar-refractivity contribution in [2.45, 2.75) is 33.8 Å². The molecule has 0 aliphatic rings. The quantitative estimate of drug-likeness (QED) is 0.555. The Hall–Kier alpha value is -3.48. The lowest BCUT2D eigenvalue weighted by Crippen LogP contribution is -2.25. The molecule has 7 nitrogen and oxygen atoms in total. The topological polar surface area (TPSA) is 82.8 Å². The van der Waals surface area contributed by atoms with Crippen molar-refractivity contribution in [3.05, 3.63) is 70.1 Å². The first kappa shape index (κ1) is 22.2. The summed E-state index contributed by atoms with van der Waals surface area (Å²) in [6.45, 7) is 6.54. The number of hydrogen-bond donors (Lipinski definition) is 1. The molecule has 164 valence electrons. The van der Waals surface area contributed by atoms with Crippen molar-refractivity contribution < 1.29 is 23.5 Å². The Labute approximate surface area is 182 Å². The minimum atomic E-state index is -0.179. The van der Waals surface area contributed by atoms with Gasteiger partial charge in [0.2, 0.25) is 0 Å². The maximum absolute atomic E-state index is 12.6. The highest BCUT2D eigenvalue weighted by atomic mass is 16.5. The molecule has 3 aromatic rings. The molecule has 1 aromatic heterocycles. The van der Waals surface area contributed by atoms with Crippen molar-refractivity contribution in [1.29, 1.82) is 0 Å². The van der Waals surface area contributed by atoms with Crippen LogP contribution in [0.3, 0.4) is 0 Å². The summed E-state index contributed by atoms with van der Waals surface area (Å²) in [5, 5.41) is 6.87. The van der Waals surface area contributed by atoms with Crippen molar-refractivity contribution in [3.8, 4) is 17.2 Å². The zero-order valence-corrected chi connectivity index (χ0v) is 18.6. The largest absolute Gasteiger partial charge is 0.496 e. The van der Waals surface area contributed by atoms with Gasteiger partial charge < -0.3 is 24.1 Å². The summed E-state index contributed by atoms with van der Waals surface area (Å²) >= 11 is 0. The number of nitrogens with zero attached hydrogens (tertiary/aromatic N) is 1. The maximum Gasteiger partial charge on any atom is 0.251 e. The van der Waals surface area contributed by atoms with Crippen LogP contribution in [0.1, 0.15) is 38.5 Å². The molecule has 0 aliphatic carbocycles. The third-order valence-electron chi connectivity index (χ3n) is 5.09. The van der Waals surface area contributed by atoms with Crippen LogP contribution < -0.4 is 19.5 Å². The van der Waals surface area contributed by atoms with Crippen LogP contribution in [-0.4, -0.2) is 31.8 Å². The van der Waals surface area contributed by atoms with Crippen LogP contribution in [0.25, 0.3) is 0 Å². The lowest BCUT2D eigenvalue weighted by atomic mass is 10.1. The first-order valence-electron chi connectivity index (χ1n) is 10.1. The lowest BCUT2D eigenvalue weighted by Gasteiger charge is -2.13. The molecular weight excluding hydrogens is 396 g/mol.